The second-order valence-corrected chi connectivity index (χ2v) is 2.89. The fourth-order valence-electron chi connectivity index (χ4n) is 1.06. The van der Waals surface area contributed by atoms with E-state index in [1.54, 1.807) is 0 Å². The van der Waals surface area contributed by atoms with Crippen LogP contribution in [0.25, 0.3) is 0 Å². The SMILES string of the molecule is CCC(C#N)Nc1cc(F)cc(F)c1. The van der Waals surface area contributed by atoms with Crippen LogP contribution in [0.4, 0.5) is 14.5 Å². The monoisotopic (exact) mass is 196 g/mol. The number of benzene rings is 1. The molecule has 0 amide bonds. The van der Waals surface area contributed by atoms with Crippen molar-refractivity contribution in [1.82, 2.24) is 0 Å². The van der Waals surface area contributed by atoms with Crippen molar-refractivity contribution in [1.29, 1.82) is 5.26 Å². The number of anilines is 1. The molecule has 14 heavy (non-hydrogen) atoms. The lowest BCUT2D eigenvalue weighted by molar-refractivity contribution is 0.583. The summed E-state index contributed by atoms with van der Waals surface area (Å²) in [6, 6.07) is 4.66. The molecule has 1 rings (SSSR count). The maximum atomic E-state index is 12.7. The van der Waals surface area contributed by atoms with Gasteiger partial charge >= 0.3 is 0 Å². The van der Waals surface area contributed by atoms with Gasteiger partial charge in [-0.2, -0.15) is 5.26 Å². The largest absolute Gasteiger partial charge is 0.370 e. The van der Waals surface area contributed by atoms with Crippen molar-refractivity contribution in [2.45, 2.75) is 19.4 Å². The Morgan fingerprint density at radius 2 is 1.93 bits per heavy atom. The molecule has 0 heterocycles. The fourth-order valence-corrected chi connectivity index (χ4v) is 1.06. The molecule has 1 N–H and O–H groups in total. The smallest absolute Gasteiger partial charge is 0.128 e. The van der Waals surface area contributed by atoms with Crippen LogP contribution in [0.15, 0.2) is 18.2 Å². The van der Waals surface area contributed by atoms with Gasteiger partial charge in [-0.15, -0.1) is 0 Å². The minimum Gasteiger partial charge on any atom is -0.370 e. The van der Waals surface area contributed by atoms with Gasteiger partial charge in [0.2, 0.25) is 0 Å². The molecule has 0 aliphatic heterocycles. The van der Waals surface area contributed by atoms with E-state index in [4.69, 9.17) is 5.26 Å². The number of nitrogens with zero attached hydrogens (tertiary/aromatic N) is 1. The Kier molecular flexibility index (Phi) is 3.41. The minimum absolute atomic E-state index is 0.288. The zero-order chi connectivity index (χ0) is 10.6. The van der Waals surface area contributed by atoms with Gasteiger partial charge in [0.25, 0.3) is 0 Å². The highest BCUT2D eigenvalue weighted by Crippen LogP contribution is 2.14. The first kappa shape index (κ1) is 10.5. The van der Waals surface area contributed by atoms with Crippen LogP contribution in [-0.2, 0) is 0 Å². The molecule has 0 radical (unpaired) electrons. The van der Waals surface area contributed by atoms with Crippen molar-refractivity contribution < 1.29 is 8.78 Å². The van der Waals surface area contributed by atoms with Crippen LogP contribution in [-0.4, -0.2) is 6.04 Å². The Labute approximate surface area is 81.2 Å². The Bertz CT molecular complexity index is 337. The summed E-state index contributed by atoms with van der Waals surface area (Å²) >= 11 is 0. The average Bonchev–Trinajstić information content (AvgIpc) is 2.12. The summed E-state index contributed by atoms with van der Waals surface area (Å²) in [6.07, 6.45) is 0.578. The van der Waals surface area contributed by atoms with E-state index in [1.807, 2.05) is 13.0 Å². The van der Waals surface area contributed by atoms with E-state index in [-0.39, 0.29) is 5.69 Å². The number of halogens is 2. The van der Waals surface area contributed by atoms with Crippen molar-refractivity contribution >= 4 is 5.69 Å². The minimum atomic E-state index is -0.653. The summed E-state index contributed by atoms with van der Waals surface area (Å²) in [7, 11) is 0. The van der Waals surface area contributed by atoms with Crippen molar-refractivity contribution in [2.24, 2.45) is 0 Å². The molecular formula is C10H10F2N2. The van der Waals surface area contributed by atoms with E-state index < -0.39 is 17.7 Å². The molecule has 0 spiro atoms. The highest BCUT2D eigenvalue weighted by atomic mass is 19.1. The zero-order valence-corrected chi connectivity index (χ0v) is 7.72. The molecule has 1 aromatic rings. The van der Waals surface area contributed by atoms with Gasteiger partial charge in [-0.05, 0) is 18.6 Å². The van der Waals surface area contributed by atoms with Gasteiger partial charge in [0.15, 0.2) is 0 Å². The predicted octanol–water partition coefficient (Wildman–Crippen LogP) is 2.68. The third-order valence-corrected chi connectivity index (χ3v) is 1.77. The van der Waals surface area contributed by atoms with Crippen molar-refractivity contribution in [2.75, 3.05) is 5.32 Å². The van der Waals surface area contributed by atoms with E-state index in [1.165, 1.54) is 0 Å². The maximum absolute atomic E-state index is 12.7. The summed E-state index contributed by atoms with van der Waals surface area (Å²) in [5.74, 6) is -1.31. The number of hydrogen-bond acceptors (Lipinski definition) is 2. The van der Waals surface area contributed by atoms with Gasteiger partial charge in [-0.1, -0.05) is 6.92 Å². The molecule has 0 saturated heterocycles. The van der Waals surface area contributed by atoms with E-state index in [2.05, 4.69) is 5.32 Å². The van der Waals surface area contributed by atoms with Crippen LogP contribution in [0, 0.1) is 23.0 Å². The van der Waals surface area contributed by atoms with Crippen molar-refractivity contribution in [3.05, 3.63) is 29.8 Å². The Hall–Kier alpha value is -1.63. The lowest BCUT2D eigenvalue weighted by Gasteiger charge is -2.10. The number of hydrogen-bond donors (Lipinski definition) is 1. The quantitative estimate of drug-likeness (QED) is 0.806. The molecule has 0 aliphatic carbocycles. The predicted molar refractivity (Wildman–Crippen MR) is 49.7 cm³/mol. The van der Waals surface area contributed by atoms with Gasteiger partial charge in [-0.3, -0.25) is 0 Å². The van der Waals surface area contributed by atoms with Crippen molar-refractivity contribution in [3.8, 4) is 6.07 Å². The Morgan fingerprint density at radius 1 is 1.36 bits per heavy atom. The summed E-state index contributed by atoms with van der Waals surface area (Å²) in [4.78, 5) is 0. The standard InChI is InChI=1S/C10H10F2N2/c1-2-9(6-13)14-10-4-7(11)3-8(12)5-10/h3-5,9,14H,2H2,1H3. The highest BCUT2D eigenvalue weighted by molar-refractivity contribution is 5.45. The van der Waals surface area contributed by atoms with Gasteiger partial charge in [0.05, 0.1) is 6.07 Å². The first-order valence-corrected chi connectivity index (χ1v) is 4.28. The Balaban J connectivity index is 2.82. The highest BCUT2D eigenvalue weighted by Gasteiger charge is 2.05. The maximum Gasteiger partial charge on any atom is 0.128 e. The van der Waals surface area contributed by atoms with Gasteiger partial charge in [0, 0.05) is 11.8 Å². The normalized spacial score (nSPS) is 11.9. The van der Waals surface area contributed by atoms with Gasteiger partial charge in [-0.25, -0.2) is 8.78 Å². The summed E-state index contributed by atoms with van der Waals surface area (Å²) in [5.41, 5.74) is 0.288. The topological polar surface area (TPSA) is 35.8 Å². The van der Waals surface area contributed by atoms with Gasteiger partial charge in [0.1, 0.15) is 17.7 Å². The van der Waals surface area contributed by atoms with E-state index in [0.29, 0.717) is 6.42 Å². The third-order valence-electron chi connectivity index (χ3n) is 1.77. The molecule has 0 bridgehead atoms. The third kappa shape index (κ3) is 2.70. The summed E-state index contributed by atoms with van der Waals surface area (Å²) in [6.45, 7) is 1.82. The zero-order valence-electron chi connectivity index (χ0n) is 7.72. The first-order chi connectivity index (χ1) is 6.65. The summed E-state index contributed by atoms with van der Waals surface area (Å²) in [5, 5.41) is 11.3. The molecule has 1 aromatic carbocycles. The molecule has 1 atom stereocenters. The molecule has 0 aliphatic rings. The molecule has 0 fully saturated rings. The molecular weight excluding hydrogens is 186 g/mol. The van der Waals surface area contributed by atoms with Crippen LogP contribution in [0.1, 0.15) is 13.3 Å². The lowest BCUT2D eigenvalue weighted by atomic mass is 10.2. The van der Waals surface area contributed by atoms with Crippen LogP contribution in [0.3, 0.4) is 0 Å². The number of nitriles is 1. The van der Waals surface area contributed by atoms with E-state index in [0.717, 1.165) is 18.2 Å². The molecule has 0 aromatic heterocycles. The second kappa shape index (κ2) is 4.56. The van der Waals surface area contributed by atoms with Crippen LogP contribution < -0.4 is 5.32 Å². The second-order valence-electron chi connectivity index (χ2n) is 2.89. The van der Waals surface area contributed by atoms with Crippen molar-refractivity contribution in [3.63, 3.8) is 0 Å². The molecule has 2 nitrogen and oxygen atoms in total. The first-order valence-electron chi connectivity index (χ1n) is 4.28. The average molecular weight is 196 g/mol. The van der Waals surface area contributed by atoms with Gasteiger partial charge < -0.3 is 5.32 Å². The fraction of sp³-hybridized carbons (Fsp3) is 0.300. The Morgan fingerprint density at radius 3 is 2.36 bits per heavy atom. The summed E-state index contributed by atoms with van der Waals surface area (Å²) < 4.78 is 25.4. The van der Waals surface area contributed by atoms with Crippen LogP contribution in [0.5, 0.6) is 0 Å². The molecule has 0 saturated carbocycles. The molecule has 74 valence electrons. The number of nitrogens with one attached hydrogen (secondary N) is 1. The number of rotatable bonds is 3. The molecule has 4 heteroatoms. The lowest BCUT2D eigenvalue weighted by Crippen LogP contribution is -2.15. The van der Waals surface area contributed by atoms with Crippen LogP contribution >= 0.6 is 0 Å². The van der Waals surface area contributed by atoms with Crippen LogP contribution in [0.2, 0.25) is 0 Å². The van der Waals surface area contributed by atoms with E-state index >= 15 is 0 Å². The van der Waals surface area contributed by atoms with E-state index in [9.17, 15) is 8.78 Å². The molecule has 1 unspecified atom stereocenters.